The number of anilines is 1. The van der Waals surface area contributed by atoms with E-state index in [2.05, 4.69) is 39.2 Å². The summed E-state index contributed by atoms with van der Waals surface area (Å²) in [6, 6.07) is 14.8. The van der Waals surface area contributed by atoms with Crippen LogP contribution in [0.5, 0.6) is 0 Å². The first kappa shape index (κ1) is 24.9. The van der Waals surface area contributed by atoms with Crippen molar-refractivity contribution in [2.75, 3.05) is 37.6 Å². The van der Waals surface area contributed by atoms with Crippen LogP contribution in [0.1, 0.15) is 35.4 Å². The fourth-order valence-corrected chi connectivity index (χ4v) is 6.14. The number of rotatable bonds is 6. The molecule has 9 heteroatoms. The molecule has 36 heavy (non-hydrogen) atoms. The lowest BCUT2D eigenvalue weighted by Gasteiger charge is -2.35. The lowest BCUT2D eigenvalue weighted by molar-refractivity contribution is 0.0884. The van der Waals surface area contributed by atoms with Crippen LogP contribution in [0.4, 0.5) is 10.2 Å². The second kappa shape index (κ2) is 10.7. The molecular weight excluding hydrogens is 499 g/mol. The van der Waals surface area contributed by atoms with Crippen molar-refractivity contribution in [2.24, 2.45) is 5.92 Å². The number of aryl methyl sites for hydroxylation is 1. The Morgan fingerprint density at radius 3 is 2.67 bits per heavy atom. The SMILES string of the molecule is Cl.O=C1c2c(-c3ccccc3F)noc2CCC1CCCN1CCN(c2nsc3ccccc23)CC1. The highest BCUT2D eigenvalue weighted by Gasteiger charge is 2.34. The summed E-state index contributed by atoms with van der Waals surface area (Å²) in [7, 11) is 0. The second-order valence-corrected chi connectivity index (χ2v) is 10.2. The molecule has 2 aromatic carbocycles. The van der Waals surface area contributed by atoms with Crippen molar-refractivity contribution in [3.63, 3.8) is 0 Å². The Morgan fingerprint density at radius 2 is 1.83 bits per heavy atom. The number of benzene rings is 2. The van der Waals surface area contributed by atoms with Gasteiger partial charge in [-0.05, 0) is 61.6 Å². The second-order valence-electron chi connectivity index (χ2n) is 9.38. The summed E-state index contributed by atoms with van der Waals surface area (Å²) in [6.07, 6.45) is 3.23. The zero-order valence-electron chi connectivity index (χ0n) is 19.9. The van der Waals surface area contributed by atoms with E-state index in [0.29, 0.717) is 29.0 Å². The normalized spacial score (nSPS) is 18.3. The number of halogens is 2. The van der Waals surface area contributed by atoms with E-state index in [-0.39, 0.29) is 29.9 Å². The number of nitrogens with zero attached hydrogens (tertiary/aromatic N) is 4. The fraction of sp³-hybridized carbons (Fsp3) is 0.370. The molecule has 0 saturated carbocycles. The zero-order chi connectivity index (χ0) is 23.8. The maximum Gasteiger partial charge on any atom is 0.171 e. The molecule has 0 spiro atoms. The number of ketones is 1. The third kappa shape index (κ3) is 4.65. The molecule has 1 unspecified atom stereocenters. The summed E-state index contributed by atoms with van der Waals surface area (Å²) in [4.78, 5) is 18.2. The molecule has 1 fully saturated rings. The standard InChI is InChI=1S/C27H27FN4O2S.ClH/c28-21-9-3-1-7-19(21)25-24-22(34-29-25)12-11-18(26(24)33)6-5-13-31-14-16-32(17-15-31)27-20-8-2-4-10-23(20)35-30-27;/h1-4,7-10,18H,5-6,11-17H2;1H. The highest BCUT2D eigenvalue weighted by molar-refractivity contribution is 7.13. The molecular formula is C27H28ClFN4O2S. The van der Waals surface area contributed by atoms with Gasteiger partial charge in [0, 0.05) is 49.5 Å². The minimum Gasteiger partial charge on any atom is -0.360 e. The van der Waals surface area contributed by atoms with E-state index >= 15 is 0 Å². The van der Waals surface area contributed by atoms with E-state index in [4.69, 9.17) is 8.90 Å². The van der Waals surface area contributed by atoms with E-state index in [0.717, 1.165) is 57.8 Å². The van der Waals surface area contributed by atoms with E-state index in [1.165, 1.54) is 16.2 Å². The molecule has 0 amide bonds. The van der Waals surface area contributed by atoms with E-state index in [1.807, 2.05) is 0 Å². The Morgan fingerprint density at radius 1 is 1.06 bits per heavy atom. The Hall–Kier alpha value is -2.81. The van der Waals surface area contributed by atoms with Gasteiger partial charge in [0.15, 0.2) is 5.78 Å². The molecule has 188 valence electrons. The molecule has 3 heterocycles. The van der Waals surface area contributed by atoms with Gasteiger partial charge in [0.25, 0.3) is 0 Å². The number of Topliss-reactive ketones (excluding diaryl/α,β-unsaturated/α-hetero) is 1. The minimum atomic E-state index is -0.386. The monoisotopic (exact) mass is 526 g/mol. The van der Waals surface area contributed by atoms with Crippen molar-refractivity contribution in [1.29, 1.82) is 0 Å². The van der Waals surface area contributed by atoms with Gasteiger partial charge in [0.05, 0.1) is 10.3 Å². The summed E-state index contributed by atoms with van der Waals surface area (Å²) in [5.74, 6) is 1.30. The highest BCUT2D eigenvalue weighted by Crippen LogP contribution is 2.36. The average Bonchev–Trinajstić information content (AvgIpc) is 3.51. The number of carbonyl (C=O) groups is 1. The van der Waals surface area contributed by atoms with Gasteiger partial charge in [0.1, 0.15) is 23.1 Å². The maximum atomic E-state index is 14.3. The molecule has 6 rings (SSSR count). The van der Waals surface area contributed by atoms with Crippen molar-refractivity contribution < 1.29 is 13.7 Å². The Balaban J connectivity index is 0.00000267. The van der Waals surface area contributed by atoms with Crippen LogP contribution in [0.2, 0.25) is 0 Å². The Labute approximate surface area is 219 Å². The van der Waals surface area contributed by atoms with Crippen molar-refractivity contribution in [3.05, 3.63) is 65.7 Å². The highest BCUT2D eigenvalue weighted by atomic mass is 35.5. The van der Waals surface area contributed by atoms with Crippen molar-refractivity contribution in [1.82, 2.24) is 14.4 Å². The quantitative estimate of drug-likeness (QED) is 0.313. The predicted molar refractivity (Wildman–Crippen MR) is 143 cm³/mol. The molecule has 1 atom stereocenters. The number of aromatic nitrogens is 2. The number of carbonyl (C=O) groups excluding carboxylic acids is 1. The first-order chi connectivity index (χ1) is 17.2. The topological polar surface area (TPSA) is 62.5 Å². The molecule has 2 aliphatic rings. The van der Waals surface area contributed by atoms with Gasteiger partial charge in [-0.3, -0.25) is 9.69 Å². The maximum absolute atomic E-state index is 14.3. The summed E-state index contributed by atoms with van der Waals surface area (Å²) < 4.78 is 25.7. The first-order valence-electron chi connectivity index (χ1n) is 12.3. The lowest BCUT2D eigenvalue weighted by Crippen LogP contribution is -2.46. The van der Waals surface area contributed by atoms with Gasteiger partial charge in [-0.25, -0.2) is 4.39 Å². The molecule has 2 aromatic heterocycles. The molecule has 6 nitrogen and oxygen atoms in total. The molecule has 0 bridgehead atoms. The molecule has 1 aliphatic carbocycles. The predicted octanol–water partition coefficient (Wildman–Crippen LogP) is 5.86. The van der Waals surface area contributed by atoms with Gasteiger partial charge in [0.2, 0.25) is 0 Å². The summed E-state index contributed by atoms with van der Waals surface area (Å²) in [6.45, 7) is 4.90. The van der Waals surface area contributed by atoms with Gasteiger partial charge < -0.3 is 9.42 Å². The van der Waals surface area contributed by atoms with Crippen molar-refractivity contribution in [3.8, 4) is 11.3 Å². The van der Waals surface area contributed by atoms with Gasteiger partial charge in [-0.1, -0.05) is 29.4 Å². The Bertz CT molecular complexity index is 1360. The fourth-order valence-electron chi connectivity index (χ4n) is 5.35. The molecule has 1 saturated heterocycles. The van der Waals surface area contributed by atoms with Crippen molar-refractivity contribution in [2.45, 2.75) is 25.7 Å². The third-order valence-corrected chi connectivity index (χ3v) is 8.10. The van der Waals surface area contributed by atoms with Crippen LogP contribution < -0.4 is 4.90 Å². The largest absolute Gasteiger partial charge is 0.360 e. The van der Waals surface area contributed by atoms with Crippen LogP contribution >= 0.6 is 23.9 Å². The molecule has 4 aromatic rings. The van der Waals surface area contributed by atoms with Crippen LogP contribution in [-0.2, 0) is 6.42 Å². The van der Waals surface area contributed by atoms with Gasteiger partial charge in [-0.2, -0.15) is 4.37 Å². The first-order valence-corrected chi connectivity index (χ1v) is 13.1. The van der Waals surface area contributed by atoms with Crippen molar-refractivity contribution >= 4 is 45.6 Å². The average molecular weight is 527 g/mol. The Kier molecular flexibility index (Phi) is 7.37. The number of fused-ring (bicyclic) bond motifs is 2. The lowest BCUT2D eigenvalue weighted by atomic mass is 9.82. The zero-order valence-corrected chi connectivity index (χ0v) is 21.5. The summed E-state index contributed by atoms with van der Waals surface area (Å²) in [5.41, 5.74) is 1.16. The van der Waals surface area contributed by atoms with Gasteiger partial charge in [-0.15, -0.1) is 12.4 Å². The van der Waals surface area contributed by atoms with E-state index in [1.54, 1.807) is 29.7 Å². The van der Waals surface area contributed by atoms with Crippen LogP contribution in [0, 0.1) is 11.7 Å². The molecule has 1 aliphatic heterocycles. The van der Waals surface area contributed by atoms with Gasteiger partial charge >= 0.3 is 0 Å². The third-order valence-electron chi connectivity index (χ3n) is 7.29. The van der Waals surface area contributed by atoms with Crippen LogP contribution in [-0.4, -0.2) is 52.9 Å². The van der Waals surface area contributed by atoms with E-state index in [9.17, 15) is 9.18 Å². The summed E-state index contributed by atoms with van der Waals surface area (Å²) in [5, 5.41) is 5.30. The van der Waals surface area contributed by atoms with Crippen LogP contribution in [0.3, 0.4) is 0 Å². The molecule has 0 radical (unpaired) electrons. The van der Waals surface area contributed by atoms with E-state index < -0.39 is 0 Å². The summed E-state index contributed by atoms with van der Waals surface area (Å²) >= 11 is 1.57. The minimum absolute atomic E-state index is 0. The number of hydrogen-bond acceptors (Lipinski definition) is 7. The smallest absolute Gasteiger partial charge is 0.171 e. The number of piperazine rings is 1. The molecule has 0 N–H and O–H groups in total. The van der Waals surface area contributed by atoms with Crippen LogP contribution in [0.25, 0.3) is 21.3 Å². The number of hydrogen-bond donors (Lipinski definition) is 0. The van der Waals surface area contributed by atoms with Crippen LogP contribution in [0.15, 0.2) is 53.1 Å².